The summed E-state index contributed by atoms with van der Waals surface area (Å²) in [5.74, 6) is 0.140. The van der Waals surface area contributed by atoms with E-state index in [9.17, 15) is 4.57 Å². The van der Waals surface area contributed by atoms with Gasteiger partial charge >= 0.3 is 7.82 Å². The number of benzene rings is 1. The molecule has 0 atom stereocenters. The molecule has 1 aromatic carbocycles. The number of aromatic nitrogens is 1. The predicted molar refractivity (Wildman–Crippen MR) is 53.2 cm³/mol. The highest BCUT2D eigenvalue weighted by molar-refractivity contribution is 7.46. The zero-order valence-electron chi connectivity index (χ0n) is 7.62. The van der Waals surface area contributed by atoms with Gasteiger partial charge in [0, 0.05) is 6.07 Å². The largest absolute Gasteiger partial charge is 0.525 e. The average Bonchev–Trinajstić information content (AvgIpc) is 2.16. The number of nitrogens with one attached hydrogen (secondary N) is 1. The van der Waals surface area contributed by atoms with Crippen molar-refractivity contribution in [2.45, 2.75) is 0 Å². The molecule has 0 aliphatic heterocycles. The Balaban J connectivity index is 2.56. The summed E-state index contributed by atoms with van der Waals surface area (Å²) >= 11 is 0. The van der Waals surface area contributed by atoms with Gasteiger partial charge in [-0.3, -0.25) is 9.79 Å². The summed E-state index contributed by atoms with van der Waals surface area (Å²) < 4.78 is 15.3. The Morgan fingerprint density at radius 2 is 1.93 bits per heavy atom. The van der Waals surface area contributed by atoms with Crippen LogP contribution in [-0.2, 0) is 4.57 Å². The maximum Gasteiger partial charge on any atom is 0.525 e. The number of hydrogen-bond acceptors (Lipinski definition) is 2. The lowest BCUT2D eigenvalue weighted by Crippen LogP contribution is -2.04. The first-order valence-corrected chi connectivity index (χ1v) is 5.74. The highest BCUT2D eigenvalue weighted by Crippen LogP contribution is 2.39. The lowest BCUT2D eigenvalue weighted by Gasteiger charge is -2.05. The van der Waals surface area contributed by atoms with Gasteiger partial charge < -0.3 is 4.52 Å². The Morgan fingerprint density at radius 1 is 1.20 bits per heavy atom. The lowest BCUT2D eigenvalue weighted by atomic mass is 10.2. The fourth-order valence-corrected chi connectivity index (χ4v) is 1.74. The quantitative estimate of drug-likeness (QED) is 0.752. The number of H-pyrrole nitrogens is 1. The molecular weight excluding hydrogens is 217 g/mol. The molecule has 5 nitrogen and oxygen atoms in total. The smallest absolute Gasteiger partial charge is 0.397 e. The number of pyridine rings is 1. The molecule has 1 heterocycles. The van der Waals surface area contributed by atoms with Crippen LogP contribution in [0, 0.1) is 0 Å². The standard InChI is InChI=1S/C9H8NO4P/c11-15(12,13)14-8-5-1-3-7-4-2-6-10-9(7)8/h1-6H,(H2,11,12,13)/p+1. The molecule has 3 N–H and O–H groups in total. The molecule has 0 bridgehead atoms. The molecule has 0 radical (unpaired) electrons. The number of hydrogen-bond donors (Lipinski definition) is 2. The Labute approximate surface area is 85.6 Å². The van der Waals surface area contributed by atoms with Crippen molar-refractivity contribution < 1.29 is 23.9 Å². The van der Waals surface area contributed by atoms with Gasteiger partial charge in [-0.1, -0.05) is 6.07 Å². The second kappa shape index (κ2) is 3.62. The van der Waals surface area contributed by atoms with Gasteiger partial charge in [0.25, 0.3) is 5.52 Å². The van der Waals surface area contributed by atoms with Crippen molar-refractivity contribution in [3.05, 3.63) is 36.5 Å². The van der Waals surface area contributed by atoms with Crippen LogP contribution in [0.1, 0.15) is 0 Å². The van der Waals surface area contributed by atoms with E-state index >= 15 is 0 Å². The molecule has 0 aliphatic rings. The molecule has 2 aromatic rings. The molecule has 0 spiro atoms. The third kappa shape index (κ3) is 2.33. The lowest BCUT2D eigenvalue weighted by molar-refractivity contribution is -0.345. The molecule has 6 heteroatoms. The van der Waals surface area contributed by atoms with Crippen LogP contribution >= 0.6 is 7.82 Å². The summed E-state index contributed by atoms with van der Waals surface area (Å²) in [7, 11) is -4.51. The number of aromatic amines is 1. The minimum absolute atomic E-state index is 0.140. The Bertz CT molecular complexity index is 531. The normalized spacial score (nSPS) is 11.6. The average molecular weight is 226 g/mol. The zero-order chi connectivity index (χ0) is 10.9. The van der Waals surface area contributed by atoms with E-state index in [1.165, 1.54) is 6.07 Å². The summed E-state index contributed by atoms with van der Waals surface area (Å²) in [6, 6.07) is 8.60. The van der Waals surface area contributed by atoms with E-state index in [1.54, 1.807) is 18.3 Å². The first-order chi connectivity index (χ1) is 7.06. The summed E-state index contributed by atoms with van der Waals surface area (Å²) in [5.41, 5.74) is 0.559. The van der Waals surface area contributed by atoms with E-state index in [1.807, 2.05) is 12.1 Å². The summed E-state index contributed by atoms with van der Waals surface area (Å²) in [4.78, 5) is 20.3. The Morgan fingerprint density at radius 3 is 2.67 bits per heavy atom. The van der Waals surface area contributed by atoms with Crippen LogP contribution in [0.2, 0.25) is 0 Å². The maximum atomic E-state index is 10.7. The first kappa shape index (κ1) is 10.1. The first-order valence-electron chi connectivity index (χ1n) is 4.21. The van der Waals surface area contributed by atoms with Crippen LogP contribution in [0.15, 0.2) is 36.5 Å². The van der Waals surface area contributed by atoms with Crippen LogP contribution in [0.4, 0.5) is 0 Å². The van der Waals surface area contributed by atoms with Crippen molar-refractivity contribution in [2.75, 3.05) is 0 Å². The van der Waals surface area contributed by atoms with Crippen LogP contribution < -0.4 is 9.51 Å². The highest BCUT2D eigenvalue weighted by Gasteiger charge is 2.19. The van der Waals surface area contributed by atoms with E-state index in [4.69, 9.17) is 9.79 Å². The van der Waals surface area contributed by atoms with Gasteiger partial charge in [0.2, 0.25) is 5.75 Å². The molecular formula is C9H9NO4P+. The van der Waals surface area contributed by atoms with E-state index in [0.717, 1.165) is 5.39 Å². The third-order valence-electron chi connectivity index (χ3n) is 1.88. The van der Waals surface area contributed by atoms with Crippen LogP contribution in [-0.4, -0.2) is 9.79 Å². The van der Waals surface area contributed by atoms with E-state index in [0.29, 0.717) is 5.52 Å². The van der Waals surface area contributed by atoms with Gasteiger partial charge in [0.1, 0.15) is 0 Å². The molecule has 0 saturated carbocycles. The van der Waals surface area contributed by atoms with Crippen molar-refractivity contribution in [1.29, 1.82) is 0 Å². The predicted octanol–water partition coefficient (Wildman–Crippen LogP) is 1.13. The summed E-state index contributed by atoms with van der Waals surface area (Å²) in [5, 5.41) is 0.823. The topological polar surface area (TPSA) is 80.9 Å². The third-order valence-corrected chi connectivity index (χ3v) is 2.31. The monoisotopic (exact) mass is 226 g/mol. The molecule has 78 valence electrons. The molecule has 1 aromatic heterocycles. The van der Waals surface area contributed by atoms with Crippen LogP contribution in [0.5, 0.6) is 5.75 Å². The molecule has 0 saturated heterocycles. The Kier molecular flexibility index (Phi) is 2.44. The number of para-hydroxylation sites is 1. The molecule has 2 rings (SSSR count). The minimum Gasteiger partial charge on any atom is -0.397 e. The van der Waals surface area contributed by atoms with E-state index < -0.39 is 7.82 Å². The summed E-state index contributed by atoms with van der Waals surface area (Å²) in [6.07, 6.45) is 1.66. The van der Waals surface area contributed by atoms with Gasteiger partial charge in [-0.25, -0.2) is 9.55 Å². The molecule has 0 fully saturated rings. The molecule has 0 amide bonds. The van der Waals surface area contributed by atoms with Crippen LogP contribution in [0.25, 0.3) is 10.9 Å². The fourth-order valence-electron chi connectivity index (χ4n) is 1.33. The maximum absolute atomic E-state index is 10.7. The number of phosphoric acid groups is 1. The minimum atomic E-state index is -4.51. The molecule has 0 aliphatic carbocycles. The number of phosphoric ester groups is 1. The van der Waals surface area contributed by atoms with E-state index in [-0.39, 0.29) is 5.75 Å². The molecule has 15 heavy (non-hydrogen) atoms. The number of rotatable bonds is 2. The molecule has 0 unspecified atom stereocenters. The van der Waals surface area contributed by atoms with Crippen molar-refractivity contribution in [3.8, 4) is 5.75 Å². The highest BCUT2D eigenvalue weighted by atomic mass is 31.2. The van der Waals surface area contributed by atoms with Crippen molar-refractivity contribution in [3.63, 3.8) is 0 Å². The van der Waals surface area contributed by atoms with Crippen molar-refractivity contribution in [1.82, 2.24) is 0 Å². The van der Waals surface area contributed by atoms with Crippen molar-refractivity contribution in [2.24, 2.45) is 0 Å². The van der Waals surface area contributed by atoms with Crippen molar-refractivity contribution >= 4 is 18.7 Å². The Hall–Kier alpha value is -1.42. The van der Waals surface area contributed by atoms with Gasteiger partial charge in [-0.05, 0) is 18.2 Å². The fraction of sp³-hybridized carbons (Fsp3) is 0. The van der Waals surface area contributed by atoms with Crippen LogP contribution in [0.3, 0.4) is 0 Å². The second-order valence-corrected chi connectivity index (χ2v) is 4.14. The number of fused-ring (bicyclic) bond motifs is 1. The SMILES string of the molecule is O=P(O)(O)Oc1cccc2ccc[nH+]c12. The van der Waals surface area contributed by atoms with Gasteiger partial charge in [0.05, 0.1) is 5.39 Å². The summed E-state index contributed by atoms with van der Waals surface area (Å²) in [6.45, 7) is 0. The zero-order valence-corrected chi connectivity index (χ0v) is 8.52. The van der Waals surface area contributed by atoms with Gasteiger partial charge in [0.15, 0.2) is 6.20 Å². The van der Waals surface area contributed by atoms with E-state index in [2.05, 4.69) is 9.51 Å². The van der Waals surface area contributed by atoms with Gasteiger partial charge in [-0.15, -0.1) is 0 Å². The second-order valence-electron chi connectivity index (χ2n) is 2.97. The van der Waals surface area contributed by atoms with Gasteiger partial charge in [-0.2, -0.15) is 0 Å².